The quantitative estimate of drug-likeness (QED) is 0.105. The second kappa shape index (κ2) is 18.2. The van der Waals surface area contributed by atoms with E-state index in [-0.39, 0.29) is 24.2 Å². The van der Waals surface area contributed by atoms with Gasteiger partial charge in [0.15, 0.2) is 5.82 Å². The topological polar surface area (TPSA) is 137 Å². The Hall–Kier alpha value is -4.13. The minimum Gasteiger partial charge on any atom is -0.494 e. The number of nitrogens with one attached hydrogen (secondary N) is 2. The number of ether oxygens (including phenoxy) is 2. The molecule has 10 nitrogen and oxygen atoms in total. The fraction of sp³-hybridized carbons (Fsp3) is 0.421. The van der Waals surface area contributed by atoms with Crippen molar-refractivity contribution < 1.29 is 27.5 Å². The molecule has 2 N–H and O–H groups in total. The highest BCUT2D eigenvalue weighted by Gasteiger charge is 2.27. The molecule has 0 bridgehead atoms. The van der Waals surface area contributed by atoms with E-state index in [0.29, 0.717) is 22.9 Å². The van der Waals surface area contributed by atoms with Gasteiger partial charge in [-0.05, 0) is 47.2 Å². The van der Waals surface area contributed by atoms with Crippen LogP contribution in [0.3, 0.4) is 0 Å². The predicted molar refractivity (Wildman–Crippen MR) is 199 cm³/mol. The van der Waals surface area contributed by atoms with Gasteiger partial charge in [0.05, 0.1) is 23.8 Å². The Kier molecular flexibility index (Phi) is 14.1. The van der Waals surface area contributed by atoms with Gasteiger partial charge in [-0.25, -0.2) is 18.4 Å². The van der Waals surface area contributed by atoms with Crippen LogP contribution in [0.5, 0.6) is 5.75 Å². The molecule has 2 aromatic carbocycles. The number of unbranched alkanes of at least 4 members (excludes halogenated alkanes) is 4. The Bertz CT molecular complexity index is 1780. The first-order valence-corrected chi connectivity index (χ1v) is 19.4. The fourth-order valence-electron chi connectivity index (χ4n) is 5.06. The maximum Gasteiger partial charge on any atom is 0.262 e. The van der Waals surface area contributed by atoms with Gasteiger partial charge in [-0.2, -0.15) is 0 Å². The number of aromatic nitrogens is 2. The van der Waals surface area contributed by atoms with E-state index in [0.717, 1.165) is 33.7 Å². The molecule has 1 atom stereocenters. The number of sulfonamides is 1. The molecular formula is C38H48N4O6S2. The Balaban J connectivity index is 1.42. The van der Waals surface area contributed by atoms with Crippen molar-refractivity contribution in [1.29, 1.82) is 0 Å². The molecule has 4 rings (SSSR count). The highest BCUT2D eigenvalue weighted by Crippen LogP contribution is 2.29. The number of hydrogen-bond acceptors (Lipinski definition) is 9. The van der Waals surface area contributed by atoms with Gasteiger partial charge in [0.1, 0.15) is 11.8 Å². The summed E-state index contributed by atoms with van der Waals surface area (Å²) in [5.41, 5.74) is 3.19. The third-order valence-electron chi connectivity index (χ3n) is 8.01. The SMILES string of the molecule is CCCCCCCOc1ccc(-c2cnc(-c3ccc(CC(NC(=O)c4ccc(C(C)(C)C)s4)C(=O)NS(=O)(=O)CCOC)cc3)nc2)cc1. The maximum atomic E-state index is 13.2. The molecule has 0 aliphatic rings. The minimum absolute atomic E-state index is 0.0630. The molecule has 0 radical (unpaired) electrons. The molecule has 0 fully saturated rings. The molecule has 12 heteroatoms. The van der Waals surface area contributed by atoms with Crippen LogP contribution < -0.4 is 14.8 Å². The maximum absolute atomic E-state index is 13.2. The molecular weight excluding hydrogens is 673 g/mol. The summed E-state index contributed by atoms with van der Waals surface area (Å²) in [6.07, 6.45) is 9.59. The van der Waals surface area contributed by atoms with Crippen LogP contribution in [0, 0.1) is 0 Å². The van der Waals surface area contributed by atoms with Gasteiger partial charge in [-0.3, -0.25) is 14.3 Å². The number of thiophene rings is 1. The summed E-state index contributed by atoms with van der Waals surface area (Å²) in [6, 6.07) is 17.7. The van der Waals surface area contributed by atoms with E-state index in [4.69, 9.17) is 9.47 Å². The monoisotopic (exact) mass is 720 g/mol. The second-order valence-corrected chi connectivity index (χ2v) is 16.1. The summed E-state index contributed by atoms with van der Waals surface area (Å²) in [4.78, 5) is 37.0. The zero-order valence-electron chi connectivity index (χ0n) is 29.5. The number of methoxy groups -OCH3 is 1. The molecule has 2 aromatic heterocycles. The standard InChI is InChI=1S/C38H48N4O6S2/c1-6-7-8-9-10-21-48-31-17-15-28(16-18-31)30-25-39-35(40-26-30)29-13-11-27(12-14-29)24-32(36(43)42-50(45,46)23-22-47-5)41-37(44)33-19-20-34(49-33)38(2,3)4/h11-20,25-26,32H,6-10,21-24H2,1-5H3,(H,41,44)(H,42,43). The highest BCUT2D eigenvalue weighted by molar-refractivity contribution is 7.90. The highest BCUT2D eigenvalue weighted by atomic mass is 32.2. The largest absolute Gasteiger partial charge is 0.494 e. The number of amides is 2. The molecule has 2 amide bonds. The summed E-state index contributed by atoms with van der Waals surface area (Å²) in [5.74, 6) is -0.294. The lowest BCUT2D eigenvalue weighted by Gasteiger charge is -2.19. The van der Waals surface area contributed by atoms with Crippen LogP contribution >= 0.6 is 11.3 Å². The van der Waals surface area contributed by atoms with Gasteiger partial charge < -0.3 is 14.8 Å². The smallest absolute Gasteiger partial charge is 0.262 e. The summed E-state index contributed by atoms with van der Waals surface area (Å²) < 4.78 is 37.8. The Labute approximate surface area is 300 Å². The fourth-order valence-corrected chi connectivity index (χ4v) is 6.96. The molecule has 0 aliphatic carbocycles. The van der Waals surface area contributed by atoms with E-state index < -0.39 is 27.9 Å². The van der Waals surface area contributed by atoms with Gasteiger partial charge >= 0.3 is 0 Å². The predicted octanol–water partition coefficient (Wildman–Crippen LogP) is 6.95. The van der Waals surface area contributed by atoms with Crippen LogP contribution in [0.2, 0.25) is 0 Å². The number of nitrogens with zero attached hydrogens (tertiary/aromatic N) is 2. The zero-order valence-corrected chi connectivity index (χ0v) is 31.2. The Morgan fingerprint density at radius 3 is 2.12 bits per heavy atom. The van der Waals surface area contributed by atoms with Crippen LogP contribution in [-0.4, -0.2) is 62.3 Å². The summed E-state index contributed by atoms with van der Waals surface area (Å²) >= 11 is 1.34. The van der Waals surface area contributed by atoms with Gasteiger partial charge in [-0.15, -0.1) is 11.3 Å². The molecule has 50 heavy (non-hydrogen) atoms. The van der Waals surface area contributed by atoms with E-state index in [9.17, 15) is 18.0 Å². The van der Waals surface area contributed by atoms with Crippen molar-refractivity contribution in [3.8, 4) is 28.3 Å². The normalized spacial score (nSPS) is 12.3. The first-order valence-electron chi connectivity index (χ1n) is 17.0. The zero-order chi connectivity index (χ0) is 36.1. The minimum atomic E-state index is -3.97. The molecule has 0 saturated carbocycles. The average Bonchev–Trinajstić information content (AvgIpc) is 3.61. The molecule has 2 heterocycles. The van der Waals surface area contributed by atoms with Gasteiger partial charge in [0.25, 0.3) is 11.8 Å². The lowest BCUT2D eigenvalue weighted by atomic mass is 9.95. The molecule has 1 unspecified atom stereocenters. The van der Waals surface area contributed by atoms with Gasteiger partial charge in [0.2, 0.25) is 10.0 Å². The number of rotatable bonds is 18. The molecule has 0 saturated heterocycles. The molecule has 4 aromatic rings. The van der Waals surface area contributed by atoms with Crippen molar-refractivity contribution in [3.63, 3.8) is 0 Å². The molecule has 0 aliphatic heterocycles. The third-order valence-corrected chi connectivity index (χ3v) is 10.7. The third kappa shape index (κ3) is 11.7. The van der Waals surface area contributed by atoms with Crippen LogP contribution in [0.1, 0.15) is 79.9 Å². The van der Waals surface area contributed by atoms with Crippen molar-refractivity contribution in [2.24, 2.45) is 0 Å². The average molecular weight is 721 g/mol. The number of carbonyl (C=O) groups is 2. The number of benzene rings is 2. The van der Waals surface area contributed by atoms with Crippen LogP contribution in [0.15, 0.2) is 73.1 Å². The van der Waals surface area contributed by atoms with E-state index in [2.05, 4.69) is 47.7 Å². The van der Waals surface area contributed by atoms with Crippen molar-refractivity contribution in [2.75, 3.05) is 26.1 Å². The molecule has 0 spiro atoms. The first kappa shape index (κ1) is 38.7. The van der Waals surface area contributed by atoms with Crippen molar-refractivity contribution in [2.45, 2.75) is 77.7 Å². The number of carbonyl (C=O) groups excluding carboxylic acids is 2. The van der Waals surface area contributed by atoms with E-state index in [1.165, 1.54) is 44.1 Å². The first-order chi connectivity index (χ1) is 23.9. The van der Waals surface area contributed by atoms with Crippen LogP contribution in [0.25, 0.3) is 22.5 Å². The van der Waals surface area contributed by atoms with Gasteiger partial charge in [-0.1, -0.05) is 89.8 Å². The van der Waals surface area contributed by atoms with E-state index in [1.807, 2.05) is 54.6 Å². The number of hydrogen-bond donors (Lipinski definition) is 2. The van der Waals surface area contributed by atoms with E-state index in [1.54, 1.807) is 18.5 Å². The summed E-state index contributed by atoms with van der Waals surface area (Å²) in [6.45, 7) is 9.01. The summed E-state index contributed by atoms with van der Waals surface area (Å²) in [5, 5.41) is 2.75. The Morgan fingerprint density at radius 2 is 1.50 bits per heavy atom. The summed E-state index contributed by atoms with van der Waals surface area (Å²) in [7, 11) is -2.59. The Morgan fingerprint density at radius 1 is 0.840 bits per heavy atom. The van der Waals surface area contributed by atoms with E-state index >= 15 is 0 Å². The van der Waals surface area contributed by atoms with Crippen LogP contribution in [-0.2, 0) is 31.4 Å². The van der Waals surface area contributed by atoms with Gasteiger partial charge in [0, 0.05) is 41.9 Å². The lowest BCUT2D eigenvalue weighted by molar-refractivity contribution is -0.121. The van der Waals surface area contributed by atoms with Crippen molar-refractivity contribution in [3.05, 3.63) is 88.4 Å². The van der Waals surface area contributed by atoms with Crippen LogP contribution in [0.4, 0.5) is 0 Å². The van der Waals surface area contributed by atoms with Crippen molar-refractivity contribution in [1.82, 2.24) is 20.0 Å². The van der Waals surface area contributed by atoms with Crippen molar-refractivity contribution >= 4 is 33.2 Å². The second-order valence-electron chi connectivity index (χ2n) is 13.2. The molecule has 268 valence electrons. The lowest BCUT2D eigenvalue weighted by Crippen LogP contribution is -2.50.